The van der Waals surface area contributed by atoms with E-state index in [1.165, 1.54) is 12.8 Å². The predicted octanol–water partition coefficient (Wildman–Crippen LogP) is 1.59. The zero-order valence-corrected chi connectivity index (χ0v) is 9.99. The van der Waals surface area contributed by atoms with Gasteiger partial charge in [0.2, 0.25) is 0 Å². The van der Waals surface area contributed by atoms with Gasteiger partial charge < -0.3 is 11.5 Å². The molecule has 1 aliphatic carbocycles. The van der Waals surface area contributed by atoms with Crippen LogP contribution in [0.3, 0.4) is 0 Å². The van der Waals surface area contributed by atoms with E-state index in [0.717, 1.165) is 12.8 Å². The average molecular weight is 380 g/mol. The molecule has 0 aromatic carbocycles. The normalized spacial score (nSPS) is 30.9. The summed E-state index contributed by atoms with van der Waals surface area (Å²) in [6.07, 6.45) is 4.80. The predicted molar refractivity (Wildman–Crippen MR) is 46.1 cm³/mol. The third kappa shape index (κ3) is 6.36. The molecule has 72 valence electrons. The topological polar surface area (TPSA) is 52.0 Å². The SMILES string of the molecule is NC1CCCCC1N.[Cl][Pt][Cl]. The van der Waals surface area contributed by atoms with Gasteiger partial charge in [0.05, 0.1) is 0 Å². The fourth-order valence-electron chi connectivity index (χ4n) is 1.19. The summed E-state index contributed by atoms with van der Waals surface area (Å²) in [5.41, 5.74) is 11.3. The monoisotopic (exact) mass is 379 g/mol. The fraction of sp³-hybridized carbons (Fsp3) is 1.00. The molecule has 0 amide bonds. The van der Waals surface area contributed by atoms with Gasteiger partial charge in [-0.3, -0.25) is 0 Å². The van der Waals surface area contributed by atoms with Gasteiger partial charge in [-0.2, -0.15) is 0 Å². The average Bonchev–Trinajstić information content (AvgIpc) is 1.97. The summed E-state index contributed by atoms with van der Waals surface area (Å²) in [7, 11) is 9.75. The molecular weight excluding hydrogens is 366 g/mol. The van der Waals surface area contributed by atoms with Gasteiger partial charge in [-0.25, -0.2) is 0 Å². The summed E-state index contributed by atoms with van der Waals surface area (Å²) in [4.78, 5) is 0. The Labute approximate surface area is 84.4 Å². The molecule has 4 N–H and O–H groups in total. The van der Waals surface area contributed by atoms with Crippen LogP contribution in [0.5, 0.6) is 0 Å². The Kier molecular flexibility index (Phi) is 8.66. The molecule has 1 fully saturated rings. The van der Waals surface area contributed by atoms with E-state index >= 15 is 0 Å². The number of rotatable bonds is 0. The van der Waals surface area contributed by atoms with Crippen molar-refractivity contribution < 1.29 is 16.5 Å². The van der Waals surface area contributed by atoms with E-state index in [1.54, 1.807) is 0 Å². The van der Waals surface area contributed by atoms with E-state index in [9.17, 15) is 0 Å². The molecule has 5 heteroatoms. The van der Waals surface area contributed by atoms with E-state index in [4.69, 9.17) is 30.3 Å². The molecule has 1 aliphatic rings. The molecule has 0 aromatic rings. The molecule has 0 radical (unpaired) electrons. The summed E-state index contributed by atoms with van der Waals surface area (Å²) < 4.78 is 0. The van der Waals surface area contributed by atoms with Crippen molar-refractivity contribution in [2.24, 2.45) is 11.5 Å². The first-order valence-electron chi connectivity index (χ1n) is 3.56. The Morgan fingerprint density at radius 2 is 1.27 bits per heavy atom. The molecule has 0 saturated heterocycles. The quantitative estimate of drug-likeness (QED) is 0.671. The molecule has 0 heterocycles. The number of hydrogen-bond acceptors (Lipinski definition) is 2. The summed E-state index contributed by atoms with van der Waals surface area (Å²) in [5, 5.41) is 0. The summed E-state index contributed by atoms with van der Waals surface area (Å²) >= 11 is -0.472. The molecule has 2 nitrogen and oxygen atoms in total. The molecule has 0 aromatic heterocycles. The molecule has 0 bridgehead atoms. The van der Waals surface area contributed by atoms with Crippen molar-refractivity contribution in [2.45, 2.75) is 37.8 Å². The van der Waals surface area contributed by atoms with Crippen molar-refractivity contribution in [2.75, 3.05) is 0 Å². The molecule has 1 rings (SSSR count). The van der Waals surface area contributed by atoms with Crippen molar-refractivity contribution in [1.29, 1.82) is 0 Å². The Bertz CT molecular complexity index is 84.7. The van der Waals surface area contributed by atoms with Gasteiger partial charge in [0, 0.05) is 12.1 Å². The molecular formula is C6H14Cl2N2Pt. The van der Waals surface area contributed by atoms with Crippen molar-refractivity contribution in [1.82, 2.24) is 0 Å². The van der Waals surface area contributed by atoms with Crippen LogP contribution in [0.15, 0.2) is 0 Å². The zero-order chi connectivity index (χ0) is 8.69. The van der Waals surface area contributed by atoms with Gasteiger partial charge >= 0.3 is 35.3 Å². The third-order valence-electron chi connectivity index (χ3n) is 1.87. The zero-order valence-electron chi connectivity index (χ0n) is 6.21. The maximum absolute atomic E-state index is 5.65. The van der Waals surface area contributed by atoms with Crippen LogP contribution in [-0.2, 0) is 16.5 Å². The first-order chi connectivity index (χ1) is 5.22. The first-order valence-corrected chi connectivity index (χ1v) is 9.19. The third-order valence-corrected chi connectivity index (χ3v) is 1.87. The Morgan fingerprint density at radius 3 is 1.45 bits per heavy atom. The van der Waals surface area contributed by atoms with Gasteiger partial charge in [-0.1, -0.05) is 12.8 Å². The van der Waals surface area contributed by atoms with Crippen molar-refractivity contribution in [3.63, 3.8) is 0 Å². The van der Waals surface area contributed by atoms with Crippen LogP contribution < -0.4 is 11.5 Å². The summed E-state index contributed by atoms with van der Waals surface area (Å²) in [6, 6.07) is 0.562. The van der Waals surface area contributed by atoms with Crippen LogP contribution in [-0.4, -0.2) is 12.1 Å². The Hall–Kier alpha value is 1.19. The van der Waals surface area contributed by atoms with Gasteiger partial charge in [-0.15, -0.1) is 0 Å². The molecule has 2 atom stereocenters. The maximum atomic E-state index is 5.65. The number of hydrogen-bond donors (Lipinski definition) is 2. The van der Waals surface area contributed by atoms with Gasteiger partial charge in [0.1, 0.15) is 0 Å². The standard InChI is InChI=1S/C6H14N2.2ClH.Pt/c7-5-3-1-2-4-6(5)8;;;/h5-6H,1-4,7-8H2;2*1H;/q;;;+2/p-2. The minimum atomic E-state index is -0.472. The number of nitrogens with two attached hydrogens (primary N) is 2. The molecule has 1 saturated carbocycles. The van der Waals surface area contributed by atoms with E-state index in [-0.39, 0.29) is 12.1 Å². The molecule has 0 aliphatic heterocycles. The van der Waals surface area contributed by atoms with Gasteiger partial charge in [0.15, 0.2) is 0 Å². The van der Waals surface area contributed by atoms with Crippen LogP contribution >= 0.6 is 18.8 Å². The van der Waals surface area contributed by atoms with Crippen LogP contribution in [0.1, 0.15) is 25.7 Å². The summed E-state index contributed by atoms with van der Waals surface area (Å²) in [6.45, 7) is 0. The van der Waals surface area contributed by atoms with E-state index < -0.39 is 16.5 Å². The Morgan fingerprint density at radius 1 is 1.00 bits per heavy atom. The number of halogens is 2. The Balaban J connectivity index is 0.000000292. The minimum absolute atomic E-state index is 0.281. The fourth-order valence-corrected chi connectivity index (χ4v) is 1.19. The van der Waals surface area contributed by atoms with Gasteiger partial charge in [-0.05, 0) is 12.8 Å². The second-order valence-electron chi connectivity index (χ2n) is 2.66. The van der Waals surface area contributed by atoms with Gasteiger partial charge in [0.25, 0.3) is 0 Å². The van der Waals surface area contributed by atoms with Crippen LogP contribution in [0.25, 0.3) is 0 Å². The molecule has 0 spiro atoms. The van der Waals surface area contributed by atoms with E-state index in [0.29, 0.717) is 0 Å². The van der Waals surface area contributed by atoms with Crippen molar-refractivity contribution in [3.8, 4) is 0 Å². The first kappa shape index (κ1) is 12.2. The second-order valence-corrected chi connectivity index (χ2v) is 5.94. The van der Waals surface area contributed by atoms with E-state index in [1.807, 2.05) is 0 Å². The molecule has 2 unspecified atom stereocenters. The van der Waals surface area contributed by atoms with E-state index in [2.05, 4.69) is 0 Å². The van der Waals surface area contributed by atoms with Crippen molar-refractivity contribution in [3.05, 3.63) is 0 Å². The molecule has 11 heavy (non-hydrogen) atoms. The van der Waals surface area contributed by atoms with Crippen molar-refractivity contribution >= 4 is 18.8 Å². The van der Waals surface area contributed by atoms with Crippen LogP contribution in [0.2, 0.25) is 0 Å². The summed E-state index contributed by atoms with van der Waals surface area (Å²) in [5.74, 6) is 0. The van der Waals surface area contributed by atoms with Crippen LogP contribution in [0, 0.1) is 0 Å². The van der Waals surface area contributed by atoms with Crippen LogP contribution in [0.4, 0.5) is 0 Å². The second kappa shape index (κ2) is 7.82.